The fraction of sp³-hybridized carbons (Fsp3) is 0.120. The van der Waals surface area contributed by atoms with E-state index in [4.69, 9.17) is 4.74 Å². The first-order chi connectivity index (χ1) is 15.0. The van der Waals surface area contributed by atoms with Gasteiger partial charge in [-0.05, 0) is 46.9 Å². The molecule has 0 atom stereocenters. The second-order valence-corrected chi connectivity index (χ2v) is 7.53. The van der Waals surface area contributed by atoms with Crippen LogP contribution in [-0.4, -0.2) is 41.6 Å². The molecule has 31 heavy (non-hydrogen) atoms. The molecule has 0 aromatic heterocycles. The molecule has 3 aromatic rings. The highest BCUT2D eigenvalue weighted by atomic mass is 16.5. The molecule has 0 bridgehead atoms. The van der Waals surface area contributed by atoms with E-state index >= 15 is 0 Å². The zero-order chi connectivity index (χ0) is 21.5. The Hall–Kier alpha value is -4.06. The highest BCUT2D eigenvalue weighted by Crippen LogP contribution is 2.36. The summed E-state index contributed by atoms with van der Waals surface area (Å²) in [6.45, 7) is -0.986. The molecular weight excluding hydrogens is 394 g/mol. The minimum absolute atomic E-state index is 0.259. The zero-order valence-electron chi connectivity index (χ0n) is 16.5. The van der Waals surface area contributed by atoms with Crippen molar-refractivity contribution in [1.82, 2.24) is 4.90 Å². The number of esters is 1. The monoisotopic (exact) mass is 411 g/mol. The van der Waals surface area contributed by atoms with E-state index in [1.54, 1.807) is 18.2 Å². The van der Waals surface area contributed by atoms with Crippen LogP contribution >= 0.6 is 0 Å². The standard InChI is InChI=1S/C25H17NO5/c27-22(17-10-9-16-11-15-5-1-2-6-18(15)21(16)12-17)14-31-23(28)13-26-24(29)19-7-3-4-8-20(19)25(26)30/h1-10,12H,11,13-14H2. The van der Waals surface area contributed by atoms with Gasteiger partial charge in [0.15, 0.2) is 12.4 Å². The van der Waals surface area contributed by atoms with E-state index in [0.29, 0.717) is 5.56 Å². The quantitative estimate of drug-likeness (QED) is 0.286. The molecule has 1 heterocycles. The van der Waals surface area contributed by atoms with Gasteiger partial charge in [-0.15, -0.1) is 0 Å². The van der Waals surface area contributed by atoms with E-state index in [1.165, 1.54) is 17.7 Å². The molecule has 0 N–H and O–H groups in total. The number of carbonyl (C=O) groups is 4. The van der Waals surface area contributed by atoms with Gasteiger partial charge in [0.1, 0.15) is 6.54 Å². The summed E-state index contributed by atoms with van der Waals surface area (Å²) in [5.74, 6) is -2.24. The van der Waals surface area contributed by atoms with Crippen molar-refractivity contribution in [2.45, 2.75) is 6.42 Å². The maximum absolute atomic E-state index is 12.6. The number of hydrogen-bond donors (Lipinski definition) is 0. The predicted molar refractivity (Wildman–Crippen MR) is 112 cm³/mol. The maximum Gasteiger partial charge on any atom is 0.326 e. The second kappa shape index (κ2) is 7.32. The van der Waals surface area contributed by atoms with Gasteiger partial charge in [0.2, 0.25) is 0 Å². The molecular formula is C25H17NO5. The van der Waals surface area contributed by atoms with Gasteiger partial charge in [-0.3, -0.25) is 24.1 Å². The van der Waals surface area contributed by atoms with Gasteiger partial charge >= 0.3 is 5.97 Å². The average molecular weight is 411 g/mol. The molecule has 2 aliphatic rings. The first-order valence-corrected chi connectivity index (χ1v) is 9.88. The van der Waals surface area contributed by atoms with E-state index in [-0.39, 0.29) is 16.9 Å². The lowest BCUT2D eigenvalue weighted by Gasteiger charge is -2.13. The predicted octanol–water partition coefficient (Wildman–Crippen LogP) is 3.28. The summed E-state index contributed by atoms with van der Waals surface area (Å²) in [5, 5.41) is 0. The van der Waals surface area contributed by atoms with Crippen LogP contribution in [0.1, 0.15) is 42.2 Å². The first kappa shape index (κ1) is 18.9. The minimum Gasteiger partial charge on any atom is -0.456 e. The Kier molecular flexibility index (Phi) is 4.47. The lowest BCUT2D eigenvalue weighted by atomic mass is 10.0. The van der Waals surface area contributed by atoms with Crippen molar-refractivity contribution < 1.29 is 23.9 Å². The minimum atomic E-state index is -0.811. The van der Waals surface area contributed by atoms with Crippen LogP contribution in [0.25, 0.3) is 11.1 Å². The fourth-order valence-electron chi connectivity index (χ4n) is 4.08. The molecule has 0 spiro atoms. The number of ether oxygens (including phenoxy) is 1. The molecule has 0 unspecified atom stereocenters. The van der Waals surface area contributed by atoms with Gasteiger partial charge in [0.25, 0.3) is 11.8 Å². The molecule has 1 aliphatic carbocycles. The number of carbonyl (C=O) groups excluding carboxylic acids is 4. The van der Waals surface area contributed by atoms with Crippen LogP contribution in [0.15, 0.2) is 66.7 Å². The van der Waals surface area contributed by atoms with Crippen LogP contribution in [0.3, 0.4) is 0 Å². The number of fused-ring (bicyclic) bond motifs is 4. The summed E-state index contributed by atoms with van der Waals surface area (Å²) >= 11 is 0. The Balaban J connectivity index is 1.24. The number of rotatable bonds is 5. The van der Waals surface area contributed by atoms with Gasteiger partial charge < -0.3 is 4.74 Å². The normalized spacial score (nSPS) is 13.6. The molecule has 1 aliphatic heterocycles. The van der Waals surface area contributed by atoms with E-state index in [1.807, 2.05) is 30.3 Å². The van der Waals surface area contributed by atoms with Crippen molar-refractivity contribution in [3.8, 4) is 11.1 Å². The Bertz CT molecular complexity index is 1240. The van der Waals surface area contributed by atoms with E-state index in [9.17, 15) is 19.2 Å². The van der Waals surface area contributed by atoms with Gasteiger partial charge in [-0.1, -0.05) is 48.5 Å². The number of imide groups is 1. The summed E-state index contributed by atoms with van der Waals surface area (Å²) in [5.41, 5.74) is 5.46. The Labute approximate surface area is 178 Å². The first-order valence-electron chi connectivity index (χ1n) is 9.88. The number of benzene rings is 3. The Morgan fingerprint density at radius 3 is 2.10 bits per heavy atom. The lowest BCUT2D eigenvalue weighted by Crippen LogP contribution is -2.36. The lowest BCUT2D eigenvalue weighted by molar-refractivity contribution is -0.142. The van der Waals surface area contributed by atoms with Gasteiger partial charge in [-0.2, -0.15) is 0 Å². The molecule has 6 nitrogen and oxygen atoms in total. The largest absolute Gasteiger partial charge is 0.456 e. The molecule has 0 saturated heterocycles. The van der Waals surface area contributed by atoms with E-state index in [2.05, 4.69) is 6.07 Å². The highest BCUT2D eigenvalue weighted by Gasteiger charge is 2.36. The van der Waals surface area contributed by atoms with Crippen LogP contribution in [0, 0.1) is 0 Å². The van der Waals surface area contributed by atoms with Crippen molar-refractivity contribution in [2.24, 2.45) is 0 Å². The number of nitrogens with zero attached hydrogens (tertiary/aromatic N) is 1. The summed E-state index contributed by atoms with van der Waals surface area (Å²) in [7, 11) is 0. The average Bonchev–Trinajstić information content (AvgIpc) is 3.28. The van der Waals surface area contributed by atoms with Crippen molar-refractivity contribution in [3.63, 3.8) is 0 Å². The van der Waals surface area contributed by atoms with Gasteiger partial charge in [0.05, 0.1) is 11.1 Å². The SMILES string of the molecule is O=C(CN1C(=O)c2ccccc2C1=O)OCC(=O)c1ccc2c(c1)-c1ccccc1C2. The van der Waals surface area contributed by atoms with Crippen molar-refractivity contribution >= 4 is 23.6 Å². The summed E-state index contributed by atoms with van der Waals surface area (Å²) in [6, 6.07) is 19.9. The van der Waals surface area contributed by atoms with Crippen LogP contribution < -0.4 is 0 Å². The third-order valence-electron chi connectivity index (χ3n) is 5.65. The molecule has 3 aromatic carbocycles. The molecule has 5 rings (SSSR count). The number of ketones is 1. The number of Topliss-reactive ketones (excluding diaryl/α,β-unsaturated/α-hetero) is 1. The van der Waals surface area contributed by atoms with Crippen molar-refractivity contribution in [2.75, 3.05) is 13.2 Å². The van der Waals surface area contributed by atoms with Crippen LogP contribution in [0.4, 0.5) is 0 Å². The van der Waals surface area contributed by atoms with Gasteiger partial charge in [-0.25, -0.2) is 0 Å². The number of hydrogen-bond acceptors (Lipinski definition) is 5. The van der Waals surface area contributed by atoms with Crippen LogP contribution in [0.2, 0.25) is 0 Å². The zero-order valence-corrected chi connectivity index (χ0v) is 16.5. The Morgan fingerprint density at radius 1 is 0.774 bits per heavy atom. The smallest absolute Gasteiger partial charge is 0.326 e. The van der Waals surface area contributed by atoms with Crippen molar-refractivity contribution in [3.05, 3.63) is 94.5 Å². The van der Waals surface area contributed by atoms with E-state index in [0.717, 1.165) is 28.0 Å². The second-order valence-electron chi connectivity index (χ2n) is 7.53. The molecule has 152 valence electrons. The molecule has 0 fully saturated rings. The van der Waals surface area contributed by atoms with Crippen molar-refractivity contribution in [1.29, 1.82) is 0 Å². The third kappa shape index (κ3) is 3.22. The molecule has 2 amide bonds. The Morgan fingerprint density at radius 2 is 1.39 bits per heavy atom. The van der Waals surface area contributed by atoms with E-state index < -0.39 is 30.9 Å². The summed E-state index contributed by atoms with van der Waals surface area (Å²) in [6.07, 6.45) is 0.829. The summed E-state index contributed by atoms with van der Waals surface area (Å²) < 4.78 is 5.07. The maximum atomic E-state index is 12.6. The number of amides is 2. The summed E-state index contributed by atoms with van der Waals surface area (Å²) in [4.78, 5) is 50.3. The molecule has 0 saturated carbocycles. The third-order valence-corrected chi connectivity index (χ3v) is 5.65. The highest BCUT2D eigenvalue weighted by molar-refractivity contribution is 6.22. The van der Waals surface area contributed by atoms with Crippen LogP contribution in [0.5, 0.6) is 0 Å². The molecule has 6 heteroatoms. The van der Waals surface area contributed by atoms with Crippen LogP contribution in [-0.2, 0) is 16.0 Å². The topological polar surface area (TPSA) is 80.8 Å². The fourth-order valence-corrected chi connectivity index (χ4v) is 4.08. The molecule has 0 radical (unpaired) electrons. The van der Waals surface area contributed by atoms with Gasteiger partial charge in [0, 0.05) is 5.56 Å².